The first kappa shape index (κ1) is 14.4. The van der Waals surface area contributed by atoms with Gasteiger partial charge in [-0.25, -0.2) is 0 Å². The van der Waals surface area contributed by atoms with Gasteiger partial charge in [-0.2, -0.15) is 0 Å². The van der Waals surface area contributed by atoms with Gasteiger partial charge in [0.25, 0.3) is 5.91 Å². The molecular formula is C17H24N2O2. The summed E-state index contributed by atoms with van der Waals surface area (Å²) in [5.41, 5.74) is 8.50. The van der Waals surface area contributed by atoms with Gasteiger partial charge in [0.2, 0.25) is 0 Å². The Morgan fingerprint density at radius 2 is 2.10 bits per heavy atom. The van der Waals surface area contributed by atoms with E-state index in [-0.39, 0.29) is 11.9 Å². The molecule has 0 aromatic heterocycles. The number of rotatable bonds is 4. The topological polar surface area (TPSA) is 64.3 Å². The van der Waals surface area contributed by atoms with E-state index >= 15 is 0 Å². The molecule has 2 atom stereocenters. The number of carbonyl (C=O) groups excluding carboxylic acids is 1. The SMILES string of the molecule is CC(Oc1ccc2c(c1)CC[C@@H]2N)C(=O)NC1CCCC1. The van der Waals surface area contributed by atoms with Crippen LogP contribution in [0.2, 0.25) is 0 Å². The summed E-state index contributed by atoms with van der Waals surface area (Å²) >= 11 is 0. The number of fused-ring (bicyclic) bond motifs is 1. The lowest BCUT2D eigenvalue weighted by Crippen LogP contribution is -2.41. The van der Waals surface area contributed by atoms with Crippen molar-refractivity contribution in [3.63, 3.8) is 0 Å². The van der Waals surface area contributed by atoms with E-state index in [9.17, 15) is 4.79 Å². The smallest absolute Gasteiger partial charge is 0.260 e. The Kier molecular flexibility index (Phi) is 4.15. The third-order valence-corrected chi connectivity index (χ3v) is 4.62. The van der Waals surface area contributed by atoms with E-state index in [4.69, 9.17) is 10.5 Å². The molecule has 0 aliphatic heterocycles. The number of nitrogens with two attached hydrogens (primary N) is 1. The van der Waals surface area contributed by atoms with Gasteiger partial charge in [0.15, 0.2) is 6.10 Å². The molecule has 0 heterocycles. The second-order valence-corrected chi connectivity index (χ2v) is 6.26. The van der Waals surface area contributed by atoms with E-state index in [0.29, 0.717) is 6.04 Å². The van der Waals surface area contributed by atoms with Crippen LogP contribution in [0, 0.1) is 0 Å². The van der Waals surface area contributed by atoms with Gasteiger partial charge in [-0.05, 0) is 55.9 Å². The maximum atomic E-state index is 12.1. The van der Waals surface area contributed by atoms with Crippen molar-refractivity contribution in [2.24, 2.45) is 5.73 Å². The molecule has 4 nitrogen and oxygen atoms in total. The number of hydrogen-bond donors (Lipinski definition) is 2. The van der Waals surface area contributed by atoms with E-state index in [2.05, 4.69) is 5.32 Å². The summed E-state index contributed by atoms with van der Waals surface area (Å²) in [7, 11) is 0. The molecule has 4 heteroatoms. The number of nitrogens with one attached hydrogen (secondary N) is 1. The highest BCUT2D eigenvalue weighted by atomic mass is 16.5. The fourth-order valence-electron chi connectivity index (χ4n) is 3.35. The Balaban J connectivity index is 1.59. The van der Waals surface area contributed by atoms with Gasteiger partial charge in [0.1, 0.15) is 5.75 Å². The third kappa shape index (κ3) is 3.21. The van der Waals surface area contributed by atoms with Crippen LogP contribution in [0.3, 0.4) is 0 Å². The molecule has 21 heavy (non-hydrogen) atoms. The lowest BCUT2D eigenvalue weighted by molar-refractivity contribution is -0.127. The quantitative estimate of drug-likeness (QED) is 0.894. The molecule has 0 bridgehead atoms. The molecule has 1 aromatic rings. The van der Waals surface area contributed by atoms with Crippen LogP contribution in [-0.4, -0.2) is 18.1 Å². The predicted molar refractivity (Wildman–Crippen MR) is 82.2 cm³/mol. The molecule has 1 saturated carbocycles. The highest BCUT2D eigenvalue weighted by Crippen LogP contribution is 2.32. The summed E-state index contributed by atoms with van der Waals surface area (Å²) < 4.78 is 5.79. The highest BCUT2D eigenvalue weighted by Gasteiger charge is 2.23. The van der Waals surface area contributed by atoms with Crippen molar-refractivity contribution in [2.75, 3.05) is 0 Å². The van der Waals surface area contributed by atoms with Crippen LogP contribution in [0.15, 0.2) is 18.2 Å². The third-order valence-electron chi connectivity index (χ3n) is 4.62. The van der Waals surface area contributed by atoms with Gasteiger partial charge < -0.3 is 15.8 Å². The van der Waals surface area contributed by atoms with Crippen LogP contribution in [0.4, 0.5) is 0 Å². The first-order valence-electron chi connectivity index (χ1n) is 7.99. The van der Waals surface area contributed by atoms with Crippen molar-refractivity contribution in [2.45, 2.75) is 63.6 Å². The summed E-state index contributed by atoms with van der Waals surface area (Å²) in [6, 6.07) is 6.47. The number of hydrogen-bond acceptors (Lipinski definition) is 3. The zero-order valence-corrected chi connectivity index (χ0v) is 12.6. The number of benzene rings is 1. The summed E-state index contributed by atoms with van der Waals surface area (Å²) in [5.74, 6) is 0.746. The number of amides is 1. The first-order chi connectivity index (χ1) is 10.1. The molecule has 2 aliphatic carbocycles. The minimum absolute atomic E-state index is 0.0147. The van der Waals surface area contributed by atoms with Crippen LogP contribution in [0.25, 0.3) is 0 Å². The lowest BCUT2D eigenvalue weighted by atomic mass is 10.1. The second kappa shape index (κ2) is 6.06. The van der Waals surface area contributed by atoms with Gasteiger partial charge in [-0.1, -0.05) is 18.9 Å². The fourth-order valence-corrected chi connectivity index (χ4v) is 3.35. The predicted octanol–water partition coefficient (Wildman–Crippen LogP) is 2.46. The highest BCUT2D eigenvalue weighted by molar-refractivity contribution is 5.81. The summed E-state index contributed by atoms with van der Waals surface area (Å²) in [6.45, 7) is 1.81. The molecule has 1 unspecified atom stereocenters. The van der Waals surface area contributed by atoms with Crippen molar-refractivity contribution < 1.29 is 9.53 Å². The van der Waals surface area contributed by atoms with E-state index < -0.39 is 6.10 Å². The monoisotopic (exact) mass is 288 g/mol. The Labute approximate surface area is 126 Å². The average molecular weight is 288 g/mol. The van der Waals surface area contributed by atoms with Gasteiger partial charge >= 0.3 is 0 Å². The van der Waals surface area contributed by atoms with Crippen LogP contribution >= 0.6 is 0 Å². The summed E-state index contributed by atoms with van der Waals surface area (Å²) in [5, 5.41) is 3.07. The molecule has 3 N–H and O–H groups in total. The number of ether oxygens (including phenoxy) is 1. The molecule has 1 amide bonds. The molecule has 1 aromatic carbocycles. The van der Waals surface area contributed by atoms with E-state index in [1.165, 1.54) is 24.0 Å². The van der Waals surface area contributed by atoms with Crippen LogP contribution in [0.1, 0.15) is 56.2 Å². The summed E-state index contributed by atoms with van der Waals surface area (Å²) in [4.78, 5) is 12.1. The molecule has 0 spiro atoms. The minimum atomic E-state index is -0.460. The van der Waals surface area contributed by atoms with Gasteiger partial charge in [0.05, 0.1) is 0 Å². The largest absolute Gasteiger partial charge is 0.481 e. The molecule has 1 fully saturated rings. The summed E-state index contributed by atoms with van der Waals surface area (Å²) in [6.07, 6.45) is 6.15. The maximum Gasteiger partial charge on any atom is 0.260 e. The Bertz CT molecular complexity index is 524. The molecular weight excluding hydrogens is 264 g/mol. The van der Waals surface area contributed by atoms with E-state index in [1.54, 1.807) is 0 Å². The van der Waals surface area contributed by atoms with Crippen LogP contribution in [-0.2, 0) is 11.2 Å². The van der Waals surface area contributed by atoms with Crippen molar-refractivity contribution in [3.05, 3.63) is 29.3 Å². The zero-order valence-electron chi connectivity index (χ0n) is 12.6. The first-order valence-corrected chi connectivity index (χ1v) is 7.99. The molecule has 0 saturated heterocycles. The lowest BCUT2D eigenvalue weighted by Gasteiger charge is -2.18. The minimum Gasteiger partial charge on any atom is -0.481 e. The number of aryl methyl sites for hydroxylation is 1. The van der Waals surface area contributed by atoms with Crippen LogP contribution < -0.4 is 15.8 Å². The molecule has 2 aliphatic rings. The van der Waals surface area contributed by atoms with E-state index in [0.717, 1.165) is 31.4 Å². The molecule has 3 rings (SSSR count). The standard InChI is InChI=1S/C17H24N2O2/c1-11(17(20)19-13-4-2-3-5-13)21-14-7-8-15-12(10-14)6-9-16(15)18/h7-8,10-11,13,16H,2-6,9,18H2,1H3,(H,19,20)/t11?,16-/m0/s1. The van der Waals surface area contributed by atoms with Crippen molar-refractivity contribution >= 4 is 5.91 Å². The average Bonchev–Trinajstić information content (AvgIpc) is 3.09. The van der Waals surface area contributed by atoms with Gasteiger partial charge in [-0.15, -0.1) is 0 Å². The Morgan fingerprint density at radius 1 is 1.33 bits per heavy atom. The van der Waals surface area contributed by atoms with E-state index in [1.807, 2.05) is 25.1 Å². The van der Waals surface area contributed by atoms with Crippen molar-refractivity contribution in [3.8, 4) is 5.75 Å². The molecule has 114 valence electrons. The fraction of sp³-hybridized carbons (Fsp3) is 0.588. The Hall–Kier alpha value is -1.55. The zero-order chi connectivity index (χ0) is 14.8. The molecule has 0 radical (unpaired) electrons. The van der Waals surface area contributed by atoms with Gasteiger partial charge in [0, 0.05) is 12.1 Å². The van der Waals surface area contributed by atoms with Crippen LogP contribution in [0.5, 0.6) is 5.75 Å². The maximum absolute atomic E-state index is 12.1. The van der Waals surface area contributed by atoms with Gasteiger partial charge in [-0.3, -0.25) is 4.79 Å². The normalized spacial score (nSPS) is 22.9. The number of carbonyl (C=O) groups is 1. The Morgan fingerprint density at radius 3 is 2.86 bits per heavy atom. The second-order valence-electron chi connectivity index (χ2n) is 6.26. The van der Waals surface area contributed by atoms with Crippen molar-refractivity contribution in [1.82, 2.24) is 5.32 Å². The van der Waals surface area contributed by atoms with Crippen molar-refractivity contribution in [1.29, 1.82) is 0 Å².